The lowest BCUT2D eigenvalue weighted by atomic mass is 10.2. The van der Waals surface area contributed by atoms with Crippen molar-refractivity contribution in [3.8, 4) is 11.3 Å². The predicted molar refractivity (Wildman–Crippen MR) is 86.5 cm³/mol. The van der Waals surface area contributed by atoms with E-state index in [0.29, 0.717) is 6.54 Å². The first kappa shape index (κ1) is 16.7. The van der Waals surface area contributed by atoms with Crippen molar-refractivity contribution in [1.29, 1.82) is 0 Å². The average Bonchev–Trinajstić information content (AvgIpc) is 2.92. The molecule has 3 aromatic rings. The molecule has 0 saturated heterocycles. The first-order valence-corrected chi connectivity index (χ1v) is 7.71. The van der Waals surface area contributed by atoms with E-state index in [2.05, 4.69) is 27.1 Å². The van der Waals surface area contributed by atoms with Gasteiger partial charge in [-0.15, -0.1) is 11.3 Å². The zero-order valence-corrected chi connectivity index (χ0v) is 14.3. The highest BCUT2D eigenvalue weighted by Crippen LogP contribution is 2.20. The SMILES string of the molecule is OCCn1c(-c2ccccc2)csc1=Nc1ccccc1.[Br-]. The minimum absolute atomic E-state index is 0. The van der Waals surface area contributed by atoms with E-state index >= 15 is 0 Å². The van der Waals surface area contributed by atoms with Crippen molar-refractivity contribution in [2.24, 2.45) is 4.99 Å². The molecule has 1 N–H and O–H groups in total. The Hall–Kier alpha value is -1.69. The van der Waals surface area contributed by atoms with Crippen molar-refractivity contribution < 1.29 is 22.1 Å². The van der Waals surface area contributed by atoms with E-state index in [0.717, 1.165) is 21.7 Å². The molecule has 1 aromatic heterocycles. The molecular weight excluding hydrogens is 360 g/mol. The van der Waals surface area contributed by atoms with Crippen molar-refractivity contribution >= 4 is 17.0 Å². The third-order valence-electron chi connectivity index (χ3n) is 3.17. The second-order valence-corrected chi connectivity index (χ2v) is 5.43. The lowest BCUT2D eigenvalue weighted by Crippen LogP contribution is -3.00. The number of aromatic nitrogens is 1. The highest BCUT2D eigenvalue weighted by Gasteiger charge is 2.07. The molecule has 3 nitrogen and oxygen atoms in total. The Morgan fingerprint density at radius 1 is 0.955 bits per heavy atom. The molecule has 0 saturated carbocycles. The molecule has 0 fully saturated rings. The highest BCUT2D eigenvalue weighted by molar-refractivity contribution is 7.07. The predicted octanol–water partition coefficient (Wildman–Crippen LogP) is 0.445. The first-order valence-electron chi connectivity index (χ1n) is 6.83. The summed E-state index contributed by atoms with van der Waals surface area (Å²) >= 11 is 1.59. The van der Waals surface area contributed by atoms with E-state index < -0.39 is 0 Å². The summed E-state index contributed by atoms with van der Waals surface area (Å²) in [6, 6.07) is 20.1. The van der Waals surface area contributed by atoms with E-state index in [1.807, 2.05) is 48.5 Å². The first-order chi connectivity index (χ1) is 10.4. The monoisotopic (exact) mass is 375 g/mol. The summed E-state index contributed by atoms with van der Waals surface area (Å²) in [5.74, 6) is 0. The molecule has 22 heavy (non-hydrogen) atoms. The van der Waals surface area contributed by atoms with E-state index in [1.54, 1.807) is 11.3 Å². The lowest BCUT2D eigenvalue weighted by Gasteiger charge is -2.07. The summed E-state index contributed by atoms with van der Waals surface area (Å²) in [6.45, 7) is 0.637. The smallest absolute Gasteiger partial charge is 0.190 e. The molecule has 0 aliphatic carbocycles. The zero-order chi connectivity index (χ0) is 14.5. The third kappa shape index (κ3) is 3.74. The van der Waals surface area contributed by atoms with Gasteiger partial charge in [0.2, 0.25) is 0 Å². The van der Waals surface area contributed by atoms with Crippen molar-refractivity contribution in [2.45, 2.75) is 6.54 Å². The van der Waals surface area contributed by atoms with Gasteiger partial charge in [-0.3, -0.25) is 0 Å². The third-order valence-corrected chi connectivity index (χ3v) is 4.04. The molecule has 1 heterocycles. The molecular formula is C17H16BrN2OS-. The van der Waals surface area contributed by atoms with Crippen LogP contribution in [0.1, 0.15) is 0 Å². The Labute approximate surface area is 144 Å². The van der Waals surface area contributed by atoms with Gasteiger partial charge in [0.25, 0.3) is 0 Å². The van der Waals surface area contributed by atoms with Gasteiger partial charge in [-0.25, -0.2) is 4.99 Å². The van der Waals surface area contributed by atoms with E-state index in [-0.39, 0.29) is 23.6 Å². The molecule has 3 rings (SSSR count). The van der Waals surface area contributed by atoms with Gasteiger partial charge in [0.05, 0.1) is 18.0 Å². The molecule has 0 atom stereocenters. The molecule has 0 amide bonds. The summed E-state index contributed by atoms with van der Waals surface area (Å²) < 4.78 is 2.06. The number of halogens is 1. The molecule has 2 aromatic carbocycles. The van der Waals surface area contributed by atoms with Crippen LogP contribution in [0.25, 0.3) is 11.3 Å². The van der Waals surface area contributed by atoms with Crippen LogP contribution in [-0.4, -0.2) is 16.3 Å². The standard InChI is InChI=1S/C17H16N2OS.BrH/c20-12-11-19-16(14-7-3-1-4-8-14)13-21-17(19)18-15-9-5-2-6-10-15;/h1-10,13,20H,11-12H2;1H/p-1. The topological polar surface area (TPSA) is 37.5 Å². The summed E-state index contributed by atoms with van der Waals surface area (Å²) in [7, 11) is 0. The number of para-hydroxylation sites is 1. The van der Waals surface area contributed by atoms with Crippen molar-refractivity contribution in [1.82, 2.24) is 4.57 Å². The van der Waals surface area contributed by atoms with Crippen molar-refractivity contribution in [3.63, 3.8) is 0 Å². The molecule has 0 unspecified atom stereocenters. The van der Waals surface area contributed by atoms with Gasteiger partial charge in [0.1, 0.15) is 0 Å². The van der Waals surface area contributed by atoms with Gasteiger partial charge in [0.15, 0.2) is 4.80 Å². The van der Waals surface area contributed by atoms with E-state index in [1.165, 1.54) is 0 Å². The van der Waals surface area contributed by atoms with Crippen LogP contribution in [-0.2, 0) is 6.54 Å². The maximum Gasteiger partial charge on any atom is 0.190 e. The normalized spacial score (nSPS) is 11.2. The van der Waals surface area contributed by atoms with Crippen LogP contribution in [0, 0.1) is 0 Å². The van der Waals surface area contributed by atoms with Gasteiger partial charge in [-0.05, 0) is 17.7 Å². The minimum Gasteiger partial charge on any atom is -1.00 e. The molecule has 5 heteroatoms. The number of nitrogens with zero attached hydrogens (tertiary/aromatic N) is 2. The molecule has 0 aliphatic rings. The van der Waals surface area contributed by atoms with Crippen LogP contribution in [0.15, 0.2) is 71.0 Å². The summed E-state index contributed by atoms with van der Waals surface area (Å²) in [4.78, 5) is 5.57. The van der Waals surface area contributed by atoms with E-state index in [9.17, 15) is 5.11 Å². The van der Waals surface area contributed by atoms with Crippen LogP contribution < -0.4 is 21.8 Å². The fraction of sp³-hybridized carbons (Fsp3) is 0.118. The van der Waals surface area contributed by atoms with Crippen LogP contribution in [0.4, 0.5) is 5.69 Å². The Bertz CT molecular complexity index is 766. The molecule has 0 aliphatic heterocycles. The number of aliphatic hydroxyl groups is 1. The second-order valence-electron chi connectivity index (χ2n) is 4.59. The molecule has 0 spiro atoms. The number of rotatable bonds is 4. The van der Waals surface area contributed by atoms with Crippen LogP contribution >= 0.6 is 11.3 Å². The van der Waals surface area contributed by atoms with Gasteiger partial charge >= 0.3 is 0 Å². The summed E-state index contributed by atoms with van der Waals surface area (Å²) in [5.41, 5.74) is 3.15. The average molecular weight is 376 g/mol. The Balaban J connectivity index is 0.00000176. The Morgan fingerprint density at radius 2 is 1.59 bits per heavy atom. The number of benzene rings is 2. The maximum absolute atomic E-state index is 9.34. The number of aliphatic hydroxyl groups excluding tert-OH is 1. The van der Waals surface area contributed by atoms with Crippen molar-refractivity contribution in [3.05, 3.63) is 70.8 Å². The molecule has 0 bridgehead atoms. The quantitative estimate of drug-likeness (QED) is 0.706. The van der Waals surface area contributed by atoms with Gasteiger partial charge in [-0.1, -0.05) is 48.5 Å². The van der Waals surface area contributed by atoms with Crippen LogP contribution in [0.3, 0.4) is 0 Å². The van der Waals surface area contributed by atoms with Gasteiger partial charge < -0.3 is 26.7 Å². The largest absolute Gasteiger partial charge is 1.00 e. The zero-order valence-electron chi connectivity index (χ0n) is 11.9. The fourth-order valence-electron chi connectivity index (χ4n) is 2.19. The van der Waals surface area contributed by atoms with E-state index in [4.69, 9.17) is 0 Å². The van der Waals surface area contributed by atoms with Crippen molar-refractivity contribution in [2.75, 3.05) is 6.61 Å². The number of hydrogen-bond donors (Lipinski definition) is 1. The summed E-state index contributed by atoms with van der Waals surface area (Å²) in [5, 5.41) is 11.4. The highest BCUT2D eigenvalue weighted by atomic mass is 79.9. The fourth-order valence-corrected chi connectivity index (χ4v) is 3.14. The second kappa shape index (κ2) is 8.08. The number of hydrogen-bond acceptors (Lipinski definition) is 3. The molecule has 114 valence electrons. The Kier molecular flexibility index (Phi) is 6.12. The molecule has 0 radical (unpaired) electrons. The van der Waals surface area contributed by atoms with Crippen LogP contribution in [0.5, 0.6) is 0 Å². The summed E-state index contributed by atoms with van der Waals surface area (Å²) in [6.07, 6.45) is 0. The van der Waals surface area contributed by atoms with Gasteiger partial charge in [0, 0.05) is 11.9 Å². The minimum atomic E-state index is 0. The Morgan fingerprint density at radius 3 is 2.23 bits per heavy atom. The van der Waals surface area contributed by atoms with Gasteiger partial charge in [-0.2, -0.15) is 0 Å². The van der Waals surface area contributed by atoms with Crippen LogP contribution in [0.2, 0.25) is 0 Å². The number of thiazole rings is 1. The lowest BCUT2D eigenvalue weighted by molar-refractivity contribution is -0.00000526. The maximum atomic E-state index is 9.34.